The lowest BCUT2D eigenvalue weighted by Crippen LogP contribution is -2.38. The van der Waals surface area contributed by atoms with Crippen LogP contribution in [-0.4, -0.2) is 33.6 Å². The molecule has 1 aliphatic carbocycles. The molecule has 0 aromatic carbocycles. The van der Waals surface area contributed by atoms with Crippen molar-refractivity contribution in [1.29, 1.82) is 0 Å². The number of hydrogen-bond acceptors (Lipinski definition) is 5. The quantitative estimate of drug-likeness (QED) is 0.595. The van der Waals surface area contributed by atoms with Crippen molar-refractivity contribution in [3.8, 4) is 0 Å². The Hall–Kier alpha value is -1.92. The monoisotopic (exact) mass is 375 g/mol. The van der Waals surface area contributed by atoms with Crippen LogP contribution < -0.4 is 0 Å². The van der Waals surface area contributed by atoms with Gasteiger partial charge in [-0.1, -0.05) is 6.07 Å². The molecular weight excluding hydrogens is 350 g/mol. The van der Waals surface area contributed by atoms with Crippen LogP contribution in [0, 0.1) is 13.8 Å². The summed E-state index contributed by atoms with van der Waals surface area (Å²) in [6.07, 6.45) is 3.37. The number of rotatable bonds is 7. The SMILES string of the molecule is Cc1cc(C(=O)COC(=O)C2(O)CCCC2)c(C)n1CCc1cccs1. The number of aliphatic hydroxyl groups is 1. The van der Waals surface area contributed by atoms with Gasteiger partial charge in [-0.05, 0) is 63.5 Å². The summed E-state index contributed by atoms with van der Waals surface area (Å²) < 4.78 is 7.25. The zero-order valence-electron chi connectivity index (χ0n) is 15.3. The van der Waals surface area contributed by atoms with Crippen LogP contribution in [0.3, 0.4) is 0 Å². The first-order valence-electron chi connectivity index (χ1n) is 9.02. The highest BCUT2D eigenvalue weighted by Gasteiger charge is 2.40. The van der Waals surface area contributed by atoms with Crippen molar-refractivity contribution in [2.45, 2.75) is 58.1 Å². The second-order valence-corrected chi connectivity index (χ2v) is 8.04. The Morgan fingerprint density at radius 1 is 1.31 bits per heavy atom. The van der Waals surface area contributed by atoms with Crippen LogP contribution >= 0.6 is 11.3 Å². The predicted molar refractivity (Wildman–Crippen MR) is 101 cm³/mol. The van der Waals surface area contributed by atoms with Crippen molar-refractivity contribution in [3.63, 3.8) is 0 Å². The lowest BCUT2D eigenvalue weighted by Gasteiger charge is -2.19. The molecule has 6 heteroatoms. The molecule has 5 nitrogen and oxygen atoms in total. The van der Waals surface area contributed by atoms with Gasteiger partial charge < -0.3 is 14.4 Å². The summed E-state index contributed by atoms with van der Waals surface area (Å²) in [4.78, 5) is 25.9. The van der Waals surface area contributed by atoms with Crippen LogP contribution in [0.5, 0.6) is 0 Å². The summed E-state index contributed by atoms with van der Waals surface area (Å²) in [5.41, 5.74) is 1.08. The summed E-state index contributed by atoms with van der Waals surface area (Å²) >= 11 is 1.73. The smallest absolute Gasteiger partial charge is 0.338 e. The van der Waals surface area contributed by atoms with E-state index >= 15 is 0 Å². The number of thiophene rings is 1. The molecule has 140 valence electrons. The van der Waals surface area contributed by atoms with Gasteiger partial charge in [-0.3, -0.25) is 4.79 Å². The second kappa shape index (κ2) is 7.76. The molecule has 1 saturated carbocycles. The van der Waals surface area contributed by atoms with Crippen LogP contribution in [0.25, 0.3) is 0 Å². The van der Waals surface area contributed by atoms with E-state index in [0.29, 0.717) is 18.4 Å². The Balaban J connectivity index is 1.62. The maximum atomic E-state index is 12.5. The number of Topliss-reactive ketones (excluding diaryl/α,β-unsaturated/α-hetero) is 1. The molecule has 0 amide bonds. The molecule has 0 aliphatic heterocycles. The van der Waals surface area contributed by atoms with Crippen molar-refractivity contribution in [2.75, 3.05) is 6.61 Å². The zero-order valence-corrected chi connectivity index (χ0v) is 16.1. The molecule has 2 heterocycles. The molecule has 1 fully saturated rings. The molecule has 0 radical (unpaired) electrons. The Morgan fingerprint density at radius 2 is 2.04 bits per heavy atom. The van der Waals surface area contributed by atoms with Gasteiger partial charge in [0.25, 0.3) is 0 Å². The summed E-state index contributed by atoms with van der Waals surface area (Å²) in [7, 11) is 0. The van der Waals surface area contributed by atoms with Crippen molar-refractivity contribution < 1.29 is 19.4 Å². The third-order valence-corrected chi connectivity index (χ3v) is 6.12. The molecule has 0 saturated heterocycles. The molecule has 2 aromatic rings. The highest BCUT2D eigenvalue weighted by atomic mass is 32.1. The topological polar surface area (TPSA) is 68.5 Å². The van der Waals surface area contributed by atoms with Gasteiger partial charge in [0.05, 0.1) is 0 Å². The van der Waals surface area contributed by atoms with E-state index in [1.54, 1.807) is 11.3 Å². The van der Waals surface area contributed by atoms with Gasteiger partial charge in [-0.2, -0.15) is 0 Å². The van der Waals surface area contributed by atoms with Gasteiger partial charge in [0.1, 0.15) is 0 Å². The van der Waals surface area contributed by atoms with Gasteiger partial charge in [-0.25, -0.2) is 4.79 Å². The number of esters is 1. The first-order valence-corrected chi connectivity index (χ1v) is 9.90. The van der Waals surface area contributed by atoms with E-state index in [0.717, 1.165) is 37.2 Å². The fraction of sp³-hybridized carbons (Fsp3) is 0.500. The number of ketones is 1. The van der Waals surface area contributed by atoms with Crippen molar-refractivity contribution in [3.05, 3.63) is 45.4 Å². The highest BCUT2D eigenvalue weighted by molar-refractivity contribution is 7.09. The molecular formula is C20H25NO4S. The third kappa shape index (κ3) is 3.91. The largest absolute Gasteiger partial charge is 0.455 e. The average Bonchev–Trinajstić information content (AvgIpc) is 3.34. The number of nitrogens with zero attached hydrogens (tertiary/aromatic N) is 1. The van der Waals surface area contributed by atoms with Crippen LogP contribution in [-0.2, 0) is 22.5 Å². The fourth-order valence-corrected chi connectivity index (χ4v) is 4.31. The van der Waals surface area contributed by atoms with Gasteiger partial charge in [0.15, 0.2) is 12.2 Å². The van der Waals surface area contributed by atoms with Crippen molar-refractivity contribution in [2.24, 2.45) is 0 Å². The Labute approximate surface area is 157 Å². The third-order valence-electron chi connectivity index (χ3n) is 5.18. The molecule has 0 unspecified atom stereocenters. The predicted octanol–water partition coefficient (Wildman–Crippen LogP) is 3.44. The van der Waals surface area contributed by atoms with Crippen molar-refractivity contribution >= 4 is 23.1 Å². The lowest BCUT2D eigenvalue weighted by atomic mass is 10.0. The number of carbonyl (C=O) groups is 2. The Morgan fingerprint density at radius 3 is 2.69 bits per heavy atom. The summed E-state index contributed by atoms with van der Waals surface area (Å²) in [5.74, 6) is -0.898. The van der Waals surface area contributed by atoms with Gasteiger partial charge in [0, 0.05) is 28.4 Å². The zero-order chi connectivity index (χ0) is 18.7. The first-order chi connectivity index (χ1) is 12.4. The fourth-order valence-electron chi connectivity index (χ4n) is 3.61. The number of aryl methyl sites for hydroxylation is 2. The second-order valence-electron chi connectivity index (χ2n) is 7.00. The van der Waals surface area contributed by atoms with E-state index in [1.165, 1.54) is 4.88 Å². The Kier molecular flexibility index (Phi) is 5.63. The molecule has 1 aliphatic rings. The summed E-state index contributed by atoms with van der Waals surface area (Å²) in [6, 6.07) is 6.00. The minimum absolute atomic E-state index is 0.226. The van der Waals surface area contributed by atoms with E-state index < -0.39 is 11.6 Å². The summed E-state index contributed by atoms with van der Waals surface area (Å²) in [5, 5.41) is 12.3. The van der Waals surface area contributed by atoms with Crippen molar-refractivity contribution in [1.82, 2.24) is 4.57 Å². The molecule has 1 N–H and O–H groups in total. The van der Waals surface area contributed by atoms with E-state index in [1.807, 2.05) is 26.0 Å². The summed E-state index contributed by atoms with van der Waals surface area (Å²) in [6.45, 7) is 4.38. The minimum Gasteiger partial charge on any atom is -0.455 e. The maximum absolute atomic E-state index is 12.5. The number of hydrogen-bond donors (Lipinski definition) is 1. The molecule has 2 aromatic heterocycles. The van der Waals surface area contributed by atoms with Crippen LogP contribution in [0.4, 0.5) is 0 Å². The first kappa shape index (κ1) is 18.9. The van der Waals surface area contributed by atoms with Gasteiger partial charge >= 0.3 is 5.97 Å². The van der Waals surface area contributed by atoms with E-state index in [2.05, 4.69) is 16.0 Å². The molecule has 0 atom stereocenters. The molecule has 0 spiro atoms. The van der Waals surface area contributed by atoms with Crippen LogP contribution in [0.15, 0.2) is 23.6 Å². The minimum atomic E-state index is -1.40. The normalized spacial score (nSPS) is 16.0. The lowest BCUT2D eigenvalue weighted by molar-refractivity contribution is -0.163. The number of aromatic nitrogens is 1. The van der Waals surface area contributed by atoms with Crippen LogP contribution in [0.1, 0.15) is 52.3 Å². The molecule has 3 rings (SSSR count). The number of carbonyl (C=O) groups excluding carboxylic acids is 2. The van der Waals surface area contributed by atoms with E-state index in [4.69, 9.17) is 4.74 Å². The Bertz CT molecular complexity index is 785. The maximum Gasteiger partial charge on any atom is 0.338 e. The standard InChI is InChI=1S/C20H25NO4S/c1-14-12-17(15(2)21(14)10-7-16-6-5-11-26-16)18(22)13-25-19(23)20(24)8-3-4-9-20/h5-6,11-12,24H,3-4,7-10,13H2,1-2H3. The highest BCUT2D eigenvalue weighted by Crippen LogP contribution is 2.30. The van der Waals surface area contributed by atoms with Gasteiger partial charge in [-0.15, -0.1) is 11.3 Å². The number of ether oxygens (including phenoxy) is 1. The van der Waals surface area contributed by atoms with Crippen LogP contribution in [0.2, 0.25) is 0 Å². The van der Waals surface area contributed by atoms with E-state index in [-0.39, 0.29) is 12.4 Å². The average molecular weight is 375 g/mol. The molecule has 26 heavy (non-hydrogen) atoms. The molecule has 0 bridgehead atoms. The van der Waals surface area contributed by atoms with Gasteiger partial charge in [0.2, 0.25) is 5.78 Å². The van der Waals surface area contributed by atoms with E-state index in [9.17, 15) is 14.7 Å².